The van der Waals surface area contributed by atoms with E-state index in [-0.39, 0.29) is 6.09 Å². The minimum absolute atomic E-state index is 0.254. The Bertz CT molecular complexity index is 643. The summed E-state index contributed by atoms with van der Waals surface area (Å²) in [7, 11) is 0. The highest BCUT2D eigenvalue weighted by Gasteiger charge is 2.20. The number of nitrogens with one attached hydrogen (secondary N) is 2. The second-order valence-electron chi connectivity index (χ2n) is 6.64. The van der Waals surface area contributed by atoms with E-state index in [4.69, 9.17) is 4.74 Å². The van der Waals surface area contributed by atoms with Gasteiger partial charge in [-0.2, -0.15) is 0 Å². The zero-order valence-electron chi connectivity index (χ0n) is 14.5. The van der Waals surface area contributed by atoms with Crippen molar-refractivity contribution in [3.8, 4) is 0 Å². The number of fused-ring (bicyclic) bond motifs is 1. The van der Waals surface area contributed by atoms with E-state index in [9.17, 15) is 4.79 Å². The first-order chi connectivity index (χ1) is 10.9. The number of aromatic nitrogens is 1. The van der Waals surface area contributed by atoms with Crippen molar-refractivity contribution in [1.82, 2.24) is 15.2 Å². The largest absolute Gasteiger partial charge is 0.444 e. The van der Waals surface area contributed by atoms with Crippen molar-refractivity contribution < 1.29 is 9.53 Å². The van der Waals surface area contributed by atoms with Crippen LogP contribution in [0.1, 0.15) is 33.3 Å². The van der Waals surface area contributed by atoms with Gasteiger partial charge in [-0.15, -0.1) is 0 Å². The van der Waals surface area contributed by atoms with Gasteiger partial charge >= 0.3 is 6.09 Å². The van der Waals surface area contributed by atoms with E-state index in [0.717, 1.165) is 18.6 Å². The van der Waals surface area contributed by atoms with Gasteiger partial charge < -0.3 is 19.9 Å². The summed E-state index contributed by atoms with van der Waals surface area (Å²) in [5.41, 5.74) is 1.93. The number of aromatic amines is 1. The van der Waals surface area contributed by atoms with Gasteiger partial charge in [-0.3, -0.25) is 0 Å². The SMILES string of the molecule is CCN(CCNCc1ccc2[nH]ccc2c1)C(=O)OC(C)(C)C. The van der Waals surface area contributed by atoms with E-state index in [1.54, 1.807) is 4.90 Å². The molecular formula is C18H27N3O2. The van der Waals surface area contributed by atoms with Gasteiger partial charge in [0.05, 0.1) is 0 Å². The predicted molar refractivity (Wildman–Crippen MR) is 93.5 cm³/mol. The molecule has 2 aromatic rings. The molecule has 0 bridgehead atoms. The molecule has 0 aliphatic carbocycles. The number of H-pyrrole nitrogens is 1. The molecule has 0 aliphatic heterocycles. The van der Waals surface area contributed by atoms with Gasteiger partial charge in [0.1, 0.15) is 5.60 Å². The fourth-order valence-corrected chi connectivity index (χ4v) is 2.36. The molecule has 0 unspecified atom stereocenters. The van der Waals surface area contributed by atoms with Crippen molar-refractivity contribution in [2.75, 3.05) is 19.6 Å². The van der Waals surface area contributed by atoms with Crippen LogP contribution < -0.4 is 5.32 Å². The number of nitrogens with zero attached hydrogens (tertiary/aromatic N) is 1. The van der Waals surface area contributed by atoms with Crippen LogP contribution in [0.4, 0.5) is 4.79 Å². The molecule has 1 aromatic heterocycles. The van der Waals surface area contributed by atoms with Crippen molar-refractivity contribution in [1.29, 1.82) is 0 Å². The fraction of sp³-hybridized carbons (Fsp3) is 0.500. The lowest BCUT2D eigenvalue weighted by Crippen LogP contribution is -2.40. The molecule has 0 radical (unpaired) electrons. The third kappa shape index (κ3) is 5.28. The van der Waals surface area contributed by atoms with Crippen LogP contribution >= 0.6 is 0 Å². The maximum atomic E-state index is 12.0. The van der Waals surface area contributed by atoms with Crippen molar-refractivity contribution in [3.63, 3.8) is 0 Å². The summed E-state index contributed by atoms with van der Waals surface area (Å²) in [6.45, 7) is 10.4. The maximum Gasteiger partial charge on any atom is 0.410 e. The average molecular weight is 317 g/mol. The Morgan fingerprint density at radius 3 is 2.78 bits per heavy atom. The van der Waals surface area contributed by atoms with Crippen molar-refractivity contribution in [2.45, 2.75) is 39.8 Å². The number of ether oxygens (including phenoxy) is 1. The van der Waals surface area contributed by atoms with E-state index in [2.05, 4.69) is 34.6 Å². The van der Waals surface area contributed by atoms with Crippen LogP contribution in [-0.2, 0) is 11.3 Å². The first-order valence-electron chi connectivity index (χ1n) is 8.13. The molecule has 0 saturated carbocycles. The normalized spacial score (nSPS) is 11.7. The minimum atomic E-state index is -0.454. The Hall–Kier alpha value is -2.01. The summed E-state index contributed by atoms with van der Waals surface area (Å²) in [5.74, 6) is 0. The van der Waals surface area contributed by atoms with Gasteiger partial charge in [-0.25, -0.2) is 4.79 Å². The van der Waals surface area contributed by atoms with Crippen LogP contribution in [-0.4, -0.2) is 41.2 Å². The highest BCUT2D eigenvalue weighted by molar-refractivity contribution is 5.79. The number of likely N-dealkylation sites (N-methyl/N-ethyl adjacent to an activating group) is 1. The predicted octanol–water partition coefficient (Wildman–Crippen LogP) is 3.51. The first kappa shape index (κ1) is 17.3. The number of amides is 1. The van der Waals surface area contributed by atoms with Crippen LogP contribution in [0, 0.1) is 0 Å². The smallest absolute Gasteiger partial charge is 0.410 e. The summed E-state index contributed by atoms with van der Waals surface area (Å²) < 4.78 is 5.40. The van der Waals surface area contributed by atoms with E-state index >= 15 is 0 Å². The van der Waals surface area contributed by atoms with Gasteiger partial charge in [0.2, 0.25) is 0 Å². The number of hydrogen-bond donors (Lipinski definition) is 2. The van der Waals surface area contributed by atoms with Gasteiger partial charge in [-0.05, 0) is 56.8 Å². The van der Waals surface area contributed by atoms with Crippen LogP contribution in [0.5, 0.6) is 0 Å². The molecule has 0 atom stereocenters. The lowest BCUT2D eigenvalue weighted by molar-refractivity contribution is 0.0262. The average Bonchev–Trinajstić information content (AvgIpc) is 2.92. The molecule has 1 amide bonds. The van der Waals surface area contributed by atoms with Crippen LogP contribution in [0.2, 0.25) is 0 Å². The molecule has 2 rings (SSSR count). The molecular weight excluding hydrogens is 290 g/mol. The van der Waals surface area contributed by atoms with Crippen LogP contribution in [0.25, 0.3) is 10.9 Å². The monoisotopic (exact) mass is 317 g/mol. The highest BCUT2D eigenvalue weighted by Crippen LogP contribution is 2.14. The second kappa shape index (κ2) is 7.51. The Morgan fingerprint density at radius 1 is 1.30 bits per heavy atom. The lowest BCUT2D eigenvalue weighted by Gasteiger charge is -2.26. The molecule has 2 N–H and O–H groups in total. The fourth-order valence-electron chi connectivity index (χ4n) is 2.36. The van der Waals surface area contributed by atoms with Gasteiger partial charge in [0, 0.05) is 37.9 Å². The molecule has 126 valence electrons. The first-order valence-corrected chi connectivity index (χ1v) is 8.13. The van der Waals surface area contributed by atoms with Crippen LogP contribution in [0.3, 0.4) is 0 Å². The second-order valence-corrected chi connectivity index (χ2v) is 6.64. The van der Waals surface area contributed by atoms with Crippen molar-refractivity contribution in [2.24, 2.45) is 0 Å². The molecule has 23 heavy (non-hydrogen) atoms. The number of carbonyl (C=O) groups is 1. The van der Waals surface area contributed by atoms with Gasteiger partial charge in [0.15, 0.2) is 0 Å². The molecule has 0 fully saturated rings. The lowest BCUT2D eigenvalue weighted by atomic mass is 10.1. The Morgan fingerprint density at radius 2 is 2.09 bits per heavy atom. The number of carbonyl (C=O) groups excluding carboxylic acids is 1. The molecule has 5 nitrogen and oxygen atoms in total. The van der Waals surface area contributed by atoms with E-state index < -0.39 is 5.60 Å². The molecule has 1 aromatic carbocycles. The molecule has 5 heteroatoms. The number of benzene rings is 1. The third-order valence-electron chi connectivity index (χ3n) is 3.54. The Balaban J connectivity index is 1.77. The number of hydrogen-bond acceptors (Lipinski definition) is 3. The van der Waals surface area contributed by atoms with E-state index in [1.807, 2.05) is 33.9 Å². The Kier molecular flexibility index (Phi) is 5.66. The topological polar surface area (TPSA) is 57.4 Å². The summed E-state index contributed by atoms with van der Waals surface area (Å²) >= 11 is 0. The molecule has 1 heterocycles. The summed E-state index contributed by atoms with van der Waals surface area (Å²) in [6.07, 6.45) is 1.69. The van der Waals surface area contributed by atoms with Crippen LogP contribution in [0.15, 0.2) is 30.5 Å². The van der Waals surface area contributed by atoms with E-state index in [0.29, 0.717) is 13.1 Å². The maximum absolute atomic E-state index is 12.0. The third-order valence-corrected chi connectivity index (χ3v) is 3.54. The quantitative estimate of drug-likeness (QED) is 0.802. The van der Waals surface area contributed by atoms with E-state index in [1.165, 1.54) is 10.9 Å². The van der Waals surface area contributed by atoms with Gasteiger partial charge in [-0.1, -0.05) is 6.07 Å². The van der Waals surface area contributed by atoms with Crippen molar-refractivity contribution >= 4 is 17.0 Å². The molecule has 0 aliphatic rings. The molecule has 0 saturated heterocycles. The summed E-state index contributed by atoms with van der Waals surface area (Å²) in [5, 5.41) is 4.60. The Labute approximate surface area is 138 Å². The standard InChI is InChI=1S/C18H27N3O2/c1-5-21(17(22)23-18(2,3)4)11-10-19-13-14-6-7-16-15(12-14)8-9-20-16/h6-9,12,19-20H,5,10-11,13H2,1-4H3. The zero-order valence-corrected chi connectivity index (χ0v) is 14.5. The zero-order chi connectivity index (χ0) is 16.9. The highest BCUT2D eigenvalue weighted by atomic mass is 16.6. The molecule has 0 spiro atoms. The summed E-state index contributed by atoms with van der Waals surface area (Å²) in [4.78, 5) is 16.9. The summed E-state index contributed by atoms with van der Waals surface area (Å²) in [6, 6.07) is 8.44. The van der Waals surface area contributed by atoms with Gasteiger partial charge in [0.25, 0.3) is 0 Å². The number of rotatable bonds is 6. The van der Waals surface area contributed by atoms with Crippen molar-refractivity contribution in [3.05, 3.63) is 36.0 Å². The minimum Gasteiger partial charge on any atom is -0.444 e.